The first kappa shape index (κ1) is 35.6. The summed E-state index contributed by atoms with van der Waals surface area (Å²) in [7, 11) is 0. The number of anilines is 2. The van der Waals surface area contributed by atoms with Gasteiger partial charge in [0.1, 0.15) is 11.2 Å². The molecule has 2 saturated carbocycles. The zero-order chi connectivity index (χ0) is 34.4. The van der Waals surface area contributed by atoms with Gasteiger partial charge in [0.25, 0.3) is 5.91 Å². The second kappa shape index (κ2) is 15.1. The molecule has 11 nitrogen and oxygen atoms in total. The first-order valence-corrected chi connectivity index (χ1v) is 16.6. The molecular weight excluding hydrogens is 598 g/mol. The predicted molar refractivity (Wildman–Crippen MR) is 182 cm³/mol. The van der Waals surface area contributed by atoms with Gasteiger partial charge in [-0.05, 0) is 128 Å². The number of nitrogens with two attached hydrogens (primary N) is 1. The number of benzene rings is 2. The van der Waals surface area contributed by atoms with E-state index < -0.39 is 23.3 Å². The lowest BCUT2D eigenvalue weighted by Crippen LogP contribution is -2.42. The van der Waals surface area contributed by atoms with Gasteiger partial charge >= 0.3 is 18.2 Å². The molecule has 3 fully saturated rings. The number of ether oxygens (including phenoxy) is 2. The minimum Gasteiger partial charge on any atom is -0.444 e. The molecule has 5 rings (SSSR count). The highest BCUT2D eigenvalue weighted by atomic mass is 16.6. The Morgan fingerprint density at radius 2 is 1.36 bits per heavy atom. The van der Waals surface area contributed by atoms with Gasteiger partial charge < -0.3 is 30.7 Å². The molecule has 1 saturated heterocycles. The molecule has 0 radical (unpaired) electrons. The van der Waals surface area contributed by atoms with E-state index in [0.717, 1.165) is 18.4 Å². The molecule has 0 aromatic heterocycles. The van der Waals surface area contributed by atoms with Crippen LogP contribution in [-0.4, -0.2) is 53.3 Å². The van der Waals surface area contributed by atoms with Crippen LogP contribution in [0.25, 0.3) is 0 Å². The number of carbonyl (C=O) groups is 4. The fourth-order valence-electron chi connectivity index (χ4n) is 5.82. The van der Waals surface area contributed by atoms with E-state index in [1.54, 1.807) is 93.5 Å². The molecule has 256 valence electrons. The Labute approximate surface area is 278 Å². The lowest BCUT2D eigenvalue weighted by molar-refractivity contribution is 0.0178. The van der Waals surface area contributed by atoms with Crippen molar-refractivity contribution in [3.8, 4) is 0 Å². The summed E-state index contributed by atoms with van der Waals surface area (Å²) in [5.74, 6) is 2.36. The molecule has 0 bridgehead atoms. The van der Waals surface area contributed by atoms with Crippen LogP contribution in [0.4, 0.5) is 25.8 Å². The van der Waals surface area contributed by atoms with E-state index in [1.807, 2.05) is 20.8 Å². The van der Waals surface area contributed by atoms with Gasteiger partial charge in [-0.15, -0.1) is 0 Å². The Balaban J connectivity index is 0.000000894. The lowest BCUT2D eigenvalue weighted by atomic mass is 9.87. The Kier molecular flexibility index (Phi) is 11.4. The number of hydrogen-bond donors (Lipinski definition) is 4. The van der Waals surface area contributed by atoms with Crippen molar-refractivity contribution in [2.75, 3.05) is 23.7 Å². The normalized spacial score (nSPS) is 19.4. The molecule has 2 aliphatic carbocycles. The highest BCUT2D eigenvalue weighted by Gasteiger charge is 2.44. The number of amides is 5. The number of para-hydroxylation sites is 2. The van der Waals surface area contributed by atoms with E-state index in [-0.39, 0.29) is 24.0 Å². The monoisotopic (exact) mass is 649 g/mol. The van der Waals surface area contributed by atoms with Crippen LogP contribution >= 0.6 is 0 Å². The van der Waals surface area contributed by atoms with Crippen LogP contribution in [0, 0.1) is 17.8 Å². The molecular formula is C36H51N5O6. The molecule has 3 unspecified atom stereocenters. The summed E-state index contributed by atoms with van der Waals surface area (Å²) in [6.07, 6.45) is 5.94. The number of primary amides is 1. The Morgan fingerprint density at radius 1 is 0.809 bits per heavy atom. The van der Waals surface area contributed by atoms with Crippen LogP contribution < -0.4 is 21.7 Å². The maximum absolute atomic E-state index is 13.0. The molecule has 2 aromatic rings. The SMILES string of the molecule is C1CC2CC12.CC(C)(C)OC(=O)Nc1ccccc1NC(=O)c1ccc(C(CC2CCN(C(=O)OC(C)(C)C)CC2)NC(N)=O)cc1. The fourth-order valence-corrected chi connectivity index (χ4v) is 5.82. The van der Waals surface area contributed by atoms with Crippen LogP contribution in [0.1, 0.15) is 102 Å². The topological polar surface area (TPSA) is 152 Å². The van der Waals surface area contributed by atoms with E-state index in [4.69, 9.17) is 15.2 Å². The molecule has 1 aliphatic heterocycles. The van der Waals surface area contributed by atoms with Crippen molar-refractivity contribution in [3.63, 3.8) is 0 Å². The van der Waals surface area contributed by atoms with E-state index in [0.29, 0.717) is 36.4 Å². The van der Waals surface area contributed by atoms with Crippen molar-refractivity contribution in [2.24, 2.45) is 23.5 Å². The summed E-state index contributed by atoms with van der Waals surface area (Å²) in [6.45, 7) is 12.0. The van der Waals surface area contributed by atoms with E-state index in [9.17, 15) is 19.2 Å². The first-order valence-electron chi connectivity index (χ1n) is 16.6. The standard InChI is InChI=1S/C31H43N5O6.C5H8/c1-30(2,3)41-28(39)35-24-10-8-7-9-23(24)33-26(37)22-13-11-21(12-14-22)25(34-27(32)38)19-20-15-17-36(18-16-20)29(40)42-31(4,5)6;1-2-5-3-4(1)5/h7-14,20,25H,15-19H2,1-6H3,(H,33,37)(H,35,39)(H3,32,34,38);4-5H,1-3H2. The smallest absolute Gasteiger partial charge is 0.412 e. The van der Waals surface area contributed by atoms with Crippen molar-refractivity contribution in [2.45, 2.75) is 97.3 Å². The minimum absolute atomic E-state index is 0.262. The quantitative estimate of drug-likeness (QED) is 0.245. The Morgan fingerprint density at radius 3 is 1.83 bits per heavy atom. The molecule has 0 spiro atoms. The minimum atomic E-state index is -0.664. The lowest BCUT2D eigenvalue weighted by Gasteiger charge is -2.34. The number of hydrogen-bond acceptors (Lipinski definition) is 6. The number of urea groups is 1. The fraction of sp³-hybridized carbons (Fsp3) is 0.556. The van der Waals surface area contributed by atoms with Crippen LogP contribution in [0.5, 0.6) is 0 Å². The molecule has 3 aliphatic rings. The van der Waals surface area contributed by atoms with Gasteiger partial charge in [0.05, 0.1) is 17.4 Å². The first-order chi connectivity index (χ1) is 22.1. The summed E-state index contributed by atoms with van der Waals surface area (Å²) >= 11 is 0. The third kappa shape index (κ3) is 11.5. The average Bonchev–Trinajstić information content (AvgIpc) is 3.56. The summed E-state index contributed by atoms with van der Waals surface area (Å²) in [4.78, 5) is 51.2. The molecule has 3 atom stereocenters. The van der Waals surface area contributed by atoms with Crippen molar-refractivity contribution < 1.29 is 28.7 Å². The van der Waals surface area contributed by atoms with Gasteiger partial charge in [0, 0.05) is 18.7 Å². The predicted octanol–water partition coefficient (Wildman–Crippen LogP) is 7.45. The molecule has 11 heteroatoms. The highest BCUT2D eigenvalue weighted by Crippen LogP contribution is 2.55. The summed E-state index contributed by atoms with van der Waals surface area (Å²) in [6, 6.07) is 12.8. The van der Waals surface area contributed by atoms with Gasteiger partial charge in [0.15, 0.2) is 0 Å². The number of rotatable bonds is 7. The van der Waals surface area contributed by atoms with Gasteiger partial charge in [-0.3, -0.25) is 10.1 Å². The summed E-state index contributed by atoms with van der Waals surface area (Å²) < 4.78 is 10.8. The van der Waals surface area contributed by atoms with Crippen molar-refractivity contribution in [1.29, 1.82) is 0 Å². The highest BCUT2D eigenvalue weighted by molar-refractivity contribution is 6.06. The number of nitrogens with one attached hydrogen (secondary N) is 3. The maximum atomic E-state index is 13.0. The van der Waals surface area contributed by atoms with Crippen molar-refractivity contribution in [3.05, 3.63) is 59.7 Å². The largest absolute Gasteiger partial charge is 0.444 e. The Hall–Kier alpha value is -4.28. The number of carbonyl (C=O) groups excluding carboxylic acids is 4. The van der Waals surface area contributed by atoms with E-state index in [1.165, 1.54) is 11.8 Å². The van der Waals surface area contributed by atoms with Crippen LogP contribution in [0.2, 0.25) is 0 Å². The second-order valence-electron chi connectivity index (χ2n) is 14.8. The van der Waals surface area contributed by atoms with Crippen molar-refractivity contribution >= 4 is 35.5 Å². The van der Waals surface area contributed by atoms with Gasteiger partial charge in [-0.1, -0.05) is 24.3 Å². The summed E-state index contributed by atoms with van der Waals surface area (Å²) in [5, 5.41) is 8.31. The maximum Gasteiger partial charge on any atom is 0.412 e. The van der Waals surface area contributed by atoms with Crippen LogP contribution in [-0.2, 0) is 9.47 Å². The number of piperidine rings is 1. The number of nitrogens with zero attached hydrogens (tertiary/aromatic N) is 1. The average molecular weight is 650 g/mol. The van der Waals surface area contributed by atoms with Crippen LogP contribution in [0.15, 0.2) is 48.5 Å². The summed E-state index contributed by atoms with van der Waals surface area (Å²) in [5.41, 5.74) is 6.30. The molecule has 47 heavy (non-hydrogen) atoms. The third-order valence-corrected chi connectivity index (χ3v) is 8.52. The van der Waals surface area contributed by atoms with Crippen LogP contribution in [0.3, 0.4) is 0 Å². The van der Waals surface area contributed by atoms with E-state index in [2.05, 4.69) is 16.0 Å². The van der Waals surface area contributed by atoms with Gasteiger partial charge in [-0.2, -0.15) is 0 Å². The van der Waals surface area contributed by atoms with Crippen molar-refractivity contribution in [1.82, 2.24) is 10.2 Å². The van der Waals surface area contributed by atoms with Gasteiger partial charge in [0.2, 0.25) is 0 Å². The van der Waals surface area contributed by atoms with Gasteiger partial charge in [-0.25, -0.2) is 14.4 Å². The number of fused-ring (bicyclic) bond motifs is 1. The zero-order valence-corrected chi connectivity index (χ0v) is 28.6. The molecule has 5 amide bonds. The second-order valence-corrected chi connectivity index (χ2v) is 14.8. The molecule has 1 heterocycles. The van der Waals surface area contributed by atoms with E-state index >= 15 is 0 Å². The zero-order valence-electron chi connectivity index (χ0n) is 28.6. The molecule has 5 N–H and O–H groups in total. The number of likely N-dealkylation sites (tertiary alicyclic amines) is 1. The molecule has 2 aromatic carbocycles. The third-order valence-electron chi connectivity index (χ3n) is 8.52. The Bertz CT molecular complexity index is 1390.